The summed E-state index contributed by atoms with van der Waals surface area (Å²) in [5, 5.41) is 8.53. The molecule has 2 amide bonds. The van der Waals surface area contributed by atoms with E-state index in [2.05, 4.69) is 21.7 Å². The van der Waals surface area contributed by atoms with Crippen molar-refractivity contribution in [3.8, 4) is 0 Å². The van der Waals surface area contributed by atoms with E-state index in [4.69, 9.17) is 0 Å². The zero-order valence-corrected chi connectivity index (χ0v) is 26.1. The standard InChI is InChI=1S/C35H39F3N6O2/c1-3-30(45)43-14-12-34(21-43)11-13-42(20-34)18-23-15-27-28(29(16-23)35(36,37)38)19-44(33(27)46)26-10-6-9-25(17-26)31(24-7-4-5-8-24)32-40-39-22-41(32)2/h3,6,9-10,15-17,22,24,31H,1,4-5,7-8,11-14,18-21H2,2H3/t31-,34+/m1/s1. The highest BCUT2D eigenvalue weighted by atomic mass is 19.4. The SMILES string of the molecule is C=CC(=O)N1CC[C@]2(CCN(Cc3cc4c(c(C(F)(F)F)c3)CN(c3cccc([C@H](c5nncn5C)C5CCCC5)c3)C4=O)C2)C1. The second kappa shape index (κ2) is 11.7. The first kappa shape index (κ1) is 30.7. The molecule has 3 aromatic rings. The molecule has 1 saturated carbocycles. The predicted molar refractivity (Wildman–Crippen MR) is 167 cm³/mol. The van der Waals surface area contributed by atoms with Crippen LogP contribution in [0.2, 0.25) is 0 Å². The number of rotatable bonds is 7. The van der Waals surface area contributed by atoms with E-state index in [1.807, 2.05) is 29.8 Å². The largest absolute Gasteiger partial charge is 0.416 e. The molecule has 46 heavy (non-hydrogen) atoms. The molecular formula is C35H39F3N6O2. The van der Waals surface area contributed by atoms with Crippen molar-refractivity contribution in [1.29, 1.82) is 0 Å². The van der Waals surface area contributed by atoms with Gasteiger partial charge in [0, 0.05) is 55.8 Å². The lowest BCUT2D eigenvalue weighted by Crippen LogP contribution is -2.33. The Labute approximate surface area is 266 Å². The number of hydrogen-bond donors (Lipinski definition) is 0. The monoisotopic (exact) mass is 632 g/mol. The number of nitrogens with zero attached hydrogens (tertiary/aromatic N) is 6. The first-order valence-electron chi connectivity index (χ1n) is 16.2. The fourth-order valence-electron chi connectivity index (χ4n) is 8.41. The van der Waals surface area contributed by atoms with Gasteiger partial charge in [-0.05, 0) is 85.2 Å². The minimum atomic E-state index is -4.60. The van der Waals surface area contributed by atoms with Crippen LogP contribution in [-0.4, -0.2) is 62.6 Å². The highest BCUT2D eigenvalue weighted by Crippen LogP contribution is 2.44. The third-order valence-electron chi connectivity index (χ3n) is 10.7. The number of benzene rings is 2. The van der Waals surface area contributed by atoms with Gasteiger partial charge in [0.1, 0.15) is 12.2 Å². The van der Waals surface area contributed by atoms with Crippen molar-refractivity contribution < 1.29 is 22.8 Å². The van der Waals surface area contributed by atoms with Crippen LogP contribution in [0.4, 0.5) is 18.9 Å². The van der Waals surface area contributed by atoms with Crippen molar-refractivity contribution in [3.05, 3.63) is 89.0 Å². The van der Waals surface area contributed by atoms with E-state index in [0.717, 1.165) is 56.5 Å². The lowest BCUT2D eigenvalue weighted by atomic mass is 9.84. The van der Waals surface area contributed by atoms with E-state index in [-0.39, 0.29) is 34.9 Å². The van der Waals surface area contributed by atoms with E-state index in [9.17, 15) is 22.8 Å². The second-order valence-electron chi connectivity index (χ2n) is 13.7. The Hall–Kier alpha value is -3.99. The summed E-state index contributed by atoms with van der Waals surface area (Å²) in [5.41, 5.74) is 1.40. The van der Waals surface area contributed by atoms with E-state index in [1.54, 1.807) is 23.4 Å². The smallest absolute Gasteiger partial charge is 0.339 e. The number of halogens is 3. The second-order valence-corrected chi connectivity index (χ2v) is 13.7. The fourth-order valence-corrected chi connectivity index (χ4v) is 8.41. The van der Waals surface area contributed by atoms with Gasteiger partial charge in [-0.15, -0.1) is 10.2 Å². The summed E-state index contributed by atoms with van der Waals surface area (Å²) in [6, 6.07) is 10.5. The summed E-state index contributed by atoms with van der Waals surface area (Å²) in [6.45, 7) is 6.51. The topological polar surface area (TPSA) is 74.6 Å². The zero-order chi connectivity index (χ0) is 32.2. The van der Waals surface area contributed by atoms with Crippen molar-refractivity contribution in [1.82, 2.24) is 24.6 Å². The van der Waals surface area contributed by atoms with Crippen LogP contribution < -0.4 is 4.90 Å². The van der Waals surface area contributed by atoms with Crippen molar-refractivity contribution >= 4 is 17.5 Å². The quantitative estimate of drug-likeness (QED) is 0.302. The van der Waals surface area contributed by atoms with Gasteiger partial charge in [-0.3, -0.25) is 14.5 Å². The molecule has 8 nitrogen and oxygen atoms in total. The molecule has 11 heteroatoms. The number of alkyl halides is 3. The summed E-state index contributed by atoms with van der Waals surface area (Å²) in [5.74, 6) is 0.717. The first-order valence-corrected chi connectivity index (χ1v) is 16.2. The molecule has 2 saturated heterocycles. The third-order valence-corrected chi connectivity index (χ3v) is 10.7. The molecule has 0 N–H and O–H groups in total. The molecule has 0 unspecified atom stereocenters. The molecular weight excluding hydrogens is 593 g/mol. The lowest BCUT2D eigenvalue weighted by molar-refractivity contribution is -0.138. The molecule has 1 spiro atoms. The number of amides is 2. The van der Waals surface area contributed by atoms with Crippen LogP contribution >= 0.6 is 0 Å². The highest BCUT2D eigenvalue weighted by molar-refractivity contribution is 6.10. The molecule has 2 aromatic carbocycles. The molecule has 3 aliphatic heterocycles. The van der Waals surface area contributed by atoms with Gasteiger partial charge in [0.25, 0.3) is 5.91 Å². The highest BCUT2D eigenvalue weighted by Gasteiger charge is 2.45. The maximum atomic E-state index is 14.5. The van der Waals surface area contributed by atoms with Crippen molar-refractivity contribution in [2.45, 2.75) is 63.7 Å². The molecule has 1 aromatic heterocycles. The number of fused-ring (bicyclic) bond motifs is 1. The van der Waals surface area contributed by atoms with Crippen LogP contribution in [-0.2, 0) is 31.1 Å². The van der Waals surface area contributed by atoms with Gasteiger partial charge < -0.3 is 14.4 Å². The van der Waals surface area contributed by atoms with E-state index in [1.165, 1.54) is 17.0 Å². The van der Waals surface area contributed by atoms with Crippen LogP contribution in [0.1, 0.15) is 82.9 Å². The van der Waals surface area contributed by atoms with Crippen LogP contribution in [0.25, 0.3) is 0 Å². The number of aromatic nitrogens is 3. The minimum absolute atomic E-state index is 0.0158. The van der Waals surface area contributed by atoms with Gasteiger partial charge in [0.05, 0.1) is 12.1 Å². The van der Waals surface area contributed by atoms with Crippen molar-refractivity contribution in [3.63, 3.8) is 0 Å². The summed E-state index contributed by atoms with van der Waals surface area (Å²) in [7, 11) is 1.92. The number of hydrogen-bond acceptors (Lipinski definition) is 5. The summed E-state index contributed by atoms with van der Waals surface area (Å²) < 4.78 is 45.5. The Morgan fingerprint density at radius 3 is 2.63 bits per heavy atom. The Kier molecular flexibility index (Phi) is 7.77. The van der Waals surface area contributed by atoms with E-state index >= 15 is 0 Å². The van der Waals surface area contributed by atoms with Gasteiger partial charge in [0.15, 0.2) is 0 Å². The Morgan fingerprint density at radius 2 is 1.91 bits per heavy atom. The number of anilines is 1. The summed E-state index contributed by atoms with van der Waals surface area (Å²) >= 11 is 0. The Morgan fingerprint density at radius 1 is 1.13 bits per heavy atom. The number of carbonyl (C=O) groups excluding carboxylic acids is 2. The molecule has 1 aliphatic carbocycles. The van der Waals surface area contributed by atoms with Gasteiger partial charge in [0.2, 0.25) is 5.91 Å². The molecule has 2 atom stereocenters. The minimum Gasteiger partial charge on any atom is -0.339 e. The maximum Gasteiger partial charge on any atom is 0.416 e. The summed E-state index contributed by atoms with van der Waals surface area (Å²) in [6.07, 6.45) is 4.59. The predicted octanol–water partition coefficient (Wildman–Crippen LogP) is 5.93. The Bertz CT molecular complexity index is 1680. The normalized spacial score (nSPS) is 22.7. The number of likely N-dealkylation sites (tertiary alicyclic amines) is 2. The van der Waals surface area contributed by atoms with E-state index in [0.29, 0.717) is 43.3 Å². The molecule has 7 rings (SSSR count). The third kappa shape index (κ3) is 5.52. The lowest BCUT2D eigenvalue weighted by Gasteiger charge is -2.25. The van der Waals surface area contributed by atoms with Crippen LogP contribution in [0.15, 0.2) is 55.4 Å². The van der Waals surface area contributed by atoms with Gasteiger partial charge >= 0.3 is 6.18 Å². The van der Waals surface area contributed by atoms with Crippen molar-refractivity contribution in [2.75, 3.05) is 31.1 Å². The van der Waals surface area contributed by atoms with Crippen molar-refractivity contribution in [2.24, 2.45) is 18.4 Å². The zero-order valence-electron chi connectivity index (χ0n) is 26.1. The molecule has 4 heterocycles. The first-order chi connectivity index (χ1) is 22.0. The summed E-state index contributed by atoms with van der Waals surface area (Å²) in [4.78, 5) is 31.5. The average molecular weight is 633 g/mol. The van der Waals surface area contributed by atoms with E-state index < -0.39 is 17.6 Å². The number of aryl methyl sites for hydroxylation is 1. The van der Waals surface area contributed by atoms with Gasteiger partial charge in [-0.2, -0.15) is 13.2 Å². The van der Waals surface area contributed by atoms with Crippen LogP contribution in [0.5, 0.6) is 0 Å². The molecule has 4 aliphatic rings. The van der Waals surface area contributed by atoms with Crippen LogP contribution in [0.3, 0.4) is 0 Å². The molecule has 0 radical (unpaired) electrons. The molecule has 242 valence electrons. The number of carbonyl (C=O) groups is 2. The van der Waals surface area contributed by atoms with Gasteiger partial charge in [-0.25, -0.2) is 0 Å². The molecule has 3 fully saturated rings. The fraction of sp³-hybridized carbons (Fsp3) is 0.486. The maximum absolute atomic E-state index is 14.5. The Balaban J connectivity index is 1.15. The molecule has 0 bridgehead atoms. The van der Waals surface area contributed by atoms with Crippen LogP contribution in [0, 0.1) is 11.3 Å². The average Bonchev–Trinajstić information content (AvgIpc) is 3.88. The van der Waals surface area contributed by atoms with Gasteiger partial charge in [-0.1, -0.05) is 31.6 Å².